The van der Waals surface area contributed by atoms with E-state index in [0.29, 0.717) is 6.54 Å². The van der Waals surface area contributed by atoms with Gasteiger partial charge in [0.2, 0.25) is 0 Å². The Hall–Kier alpha value is -0.650. The third-order valence-corrected chi connectivity index (χ3v) is 4.56. The third kappa shape index (κ3) is 2.78. The second-order valence-corrected chi connectivity index (χ2v) is 5.89. The Morgan fingerprint density at radius 2 is 2.06 bits per heavy atom. The van der Waals surface area contributed by atoms with Crippen LogP contribution in [0.5, 0.6) is 0 Å². The Labute approximate surface area is 106 Å². The predicted molar refractivity (Wildman–Crippen MR) is 71.4 cm³/mol. The van der Waals surface area contributed by atoms with Gasteiger partial charge in [-0.25, -0.2) is 4.98 Å². The Balaban J connectivity index is 1.52. The van der Waals surface area contributed by atoms with E-state index in [4.69, 9.17) is 5.73 Å². The summed E-state index contributed by atoms with van der Waals surface area (Å²) in [7, 11) is 0. The zero-order valence-corrected chi connectivity index (χ0v) is 11.0. The average molecular weight is 252 g/mol. The summed E-state index contributed by atoms with van der Waals surface area (Å²) in [6.45, 7) is 6.48. The van der Waals surface area contributed by atoms with Crippen LogP contribution in [0.4, 0.5) is 5.13 Å². The molecular weight excluding hydrogens is 232 g/mol. The molecule has 1 aromatic rings. The minimum Gasteiger partial charge on any atom is -0.346 e. The topological polar surface area (TPSA) is 45.4 Å². The molecular formula is C12H20N4S. The molecule has 0 radical (unpaired) electrons. The van der Waals surface area contributed by atoms with Crippen LogP contribution in [0, 0.1) is 5.92 Å². The normalized spacial score (nSPS) is 22.1. The lowest BCUT2D eigenvalue weighted by Crippen LogP contribution is -2.47. The number of anilines is 1. The highest BCUT2D eigenvalue weighted by atomic mass is 32.1. The Morgan fingerprint density at radius 1 is 1.29 bits per heavy atom. The van der Waals surface area contributed by atoms with Crippen molar-refractivity contribution >= 4 is 16.5 Å². The van der Waals surface area contributed by atoms with E-state index in [0.717, 1.165) is 29.8 Å². The molecule has 2 N–H and O–H groups in total. The SMILES string of the molecule is NCc1csc(N2CCN(CC3CC3)CC2)n1. The van der Waals surface area contributed by atoms with Crippen molar-refractivity contribution in [3.63, 3.8) is 0 Å². The molecule has 5 heteroatoms. The van der Waals surface area contributed by atoms with Gasteiger partial charge in [0, 0.05) is 44.6 Å². The molecule has 0 bridgehead atoms. The second-order valence-electron chi connectivity index (χ2n) is 5.06. The van der Waals surface area contributed by atoms with Gasteiger partial charge in [-0.3, -0.25) is 4.90 Å². The van der Waals surface area contributed by atoms with Gasteiger partial charge in [-0.2, -0.15) is 0 Å². The molecule has 2 fully saturated rings. The van der Waals surface area contributed by atoms with Crippen molar-refractivity contribution in [2.24, 2.45) is 11.7 Å². The maximum Gasteiger partial charge on any atom is 0.185 e. The molecule has 1 saturated carbocycles. The maximum absolute atomic E-state index is 5.59. The molecule has 17 heavy (non-hydrogen) atoms. The lowest BCUT2D eigenvalue weighted by atomic mass is 10.3. The quantitative estimate of drug-likeness (QED) is 0.872. The highest BCUT2D eigenvalue weighted by Gasteiger charge is 2.26. The molecule has 94 valence electrons. The fraction of sp³-hybridized carbons (Fsp3) is 0.750. The van der Waals surface area contributed by atoms with Crippen LogP contribution in [0.1, 0.15) is 18.5 Å². The van der Waals surface area contributed by atoms with E-state index < -0.39 is 0 Å². The largest absolute Gasteiger partial charge is 0.346 e. The van der Waals surface area contributed by atoms with Crippen molar-refractivity contribution in [1.29, 1.82) is 0 Å². The van der Waals surface area contributed by atoms with Crippen molar-refractivity contribution in [3.8, 4) is 0 Å². The first kappa shape index (κ1) is 11.4. The summed E-state index contributed by atoms with van der Waals surface area (Å²) in [6.07, 6.45) is 2.90. The summed E-state index contributed by atoms with van der Waals surface area (Å²) >= 11 is 1.72. The van der Waals surface area contributed by atoms with E-state index in [2.05, 4.69) is 20.2 Å². The van der Waals surface area contributed by atoms with Gasteiger partial charge >= 0.3 is 0 Å². The van der Waals surface area contributed by atoms with Crippen LogP contribution in [0.2, 0.25) is 0 Å². The molecule has 0 unspecified atom stereocenters. The van der Waals surface area contributed by atoms with Crippen LogP contribution in [-0.2, 0) is 6.54 Å². The van der Waals surface area contributed by atoms with Gasteiger partial charge < -0.3 is 10.6 Å². The first-order valence-corrected chi connectivity index (χ1v) is 7.35. The van der Waals surface area contributed by atoms with E-state index in [1.54, 1.807) is 11.3 Å². The van der Waals surface area contributed by atoms with Crippen LogP contribution in [0.15, 0.2) is 5.38 Å². The first-order valence-electron chi connectivity index (χ1n) is 6.47. The predicted octanol–water partition coefficient (Wildman–Crippen LogP) is 1.13. The average Bonchev–Trinajstić information content (AvgIpc) is 3.05. The molecule has 3 rings (SSSR count). The number of hydrogen-bond donors (Lipinski definition) is 1. The summed E-state index contributed by atoms with van der Waals surface area (Å²) in [5, 5.41) is 3.22. The van der Waals surface area contributed by atoms with E-state index in [9.17, 15) is 0 Å². The summed E-state index contributed by atoms with van der Waals surface area (Å²) in [4.78, 5) is 9.55. The van der Waals surface area contributed by atoms with E-state index in [1.165, 1.54) is 32.5 Å². The number of nitrogens with two attached hydrogens (primary N) is 1. The van der Waals surface area contributed by atoms with E-state index in [-0.39, 0.29) is 0 Å². The smallest absolute Gasteiger partial charge is 0.185 e. The molecule has 1 saturated heterocycles. The van der Waals surface area contributed by atoms with Crippen molar-refractivity contribution in [1.82, 2.24) is 9.88 Å². The standard InChI is InChI=1S/C12H20N4S/c13-7-11-9-17-12(14-11)16-5-3-15(4-6-16)8-10-1-2-10/h9-10H,1-8,13H2. The first-order chi connectivity index (χ1) is 8.35. The Morgan fingerprint density at radius 3 is 2.65 bits per heavy atom. The van der Waals surface area contributed by atoms with Gasteiger partial charge in [-0.05, 0) is 18.8 Å². The van der Waals surface area contributed by atoms with Crippen LogP contribution >= 0.6 is 11.3 Å². The lowest BCUT2D eigenvalue weighted by molar-refractivity contribution is 0.248. The molecule has 0 spiro atoms. The van der Waals surface area contributed by atoms with Crippen molar-refractivity contribution in [2.75, 3.05) is 37.6 Å². The van der Waals surface area contributed by atoms with Gasteiger partial charge in [0.1, 0.15) is 0 Å². The number of aromatic nitrogens is 1. The van der Waals surface area contributed by atoms with Crippen molar-refractivity contribution in [3.05, 3.63) is 11.1 Å². The van der Waals surface area contributed by atoms with E-state index in [1.807, 2.05) is 0 Å². The minimum absolute atomic E-state index is 0.554. The Bertz CT molecular complexity index is 366. The zero-order valence-electron chi connectivity index (χ0n) is 10.1. The highest BCUT2D eigenvalue weighted by Crippen LogP contribution is 2.30. The van der Waals surface area contributed by atoms with Crippen molar-refractivity contribution < 1.29 is 0 Å². The van der Waals surface area contributed by atoms with Crippen molar-refractivity contribution in [2.45, 2.75) is 19.4 Å². The number of piperazine rings is 1. The van der Waals surface area contributed by atoms with Gasteiger partial charge in [-0.1, -0.05) is 0 Å². The molecule has 1 aliphatic carbocycles. The minimum atomic E-state index is 0.554. The van der Waals surface area contributed by atoms with Crippen LogP contribution in [0.25, 0.3) is 0 Å². The van der Waals surface area contributed by atoms with Gasteiger partial charge in [0.05, 0.1) is 5.69 Å². The molecule has 0 aromatic carbocycles. The highest BCUT2D eigenvalue weighted by molar-refractivity contribution is 7.13. The second kappa shape index (κ2) is 4.92. The molecule has 0 atom stereocenters. The van der Waals surface area contributed by atoms with Gasteiger partial charge in [0.25, 0.3) is 0 Å². The monoisotopic (exact) mass is 252 g/mol. The zero-order chi connectivity index (χ0) is 11.7. The number of nitrogens with zero attached hydrogens (tertiary/aromatic N) is 3. The van der Waals surface area contributed by atoms with Gasteiger partial charge in [-0.15, -0.1) is 11.3 Å². The molecule has 2 aliphatic rings. The molecule has 1 aromatic heterocycles. The summed E-state index contributed by atoms with van der Waals surface area (Å²) in [5.41, 5.74) is 6.61. The Kier molecular flexibility index (Phi) is 3.31. The number of rotatable bonds is 4. The van der Waals surface area contributed by atoms with Crippen LogP contribution < -0.4 is 10.6 Å². The lowest BCUT2D eigenvalue weighted by Gasteiger charge is -2.34. The van der Waals surface area contributed by atoms with Crippen LogP contribution in [0.3, 0.4) is 0 Å². The maximum atomic E-state index is 5.59. The van der Waals surface area contributed by atoms with Crippen LogP contribution in [-0.4, -0.2) is 42.6 Å². The summed E-state index contributed by atoms with van der Waals surface area (Å²) < 4.78 is 0. The fourth-order valence-corrected chi connectivity index (χ4v) is 3.21. The number of thiazole rings is 1. The summed E-state index contributed by atoms with van der Waals surface area (Å²) in [6, 6.07) is 0. The summed E-state index contributed by atoms with van der Waals surface area (Å²) in [5.74, 6) is 1.00. The van der Waals surface area contributed by atoms with E-state index >= 15 is 0 Å². The molecule has 0 amide bonds. The molecule has 4 nitrogen and oxygen atoms in total. The number of hydrogen-bond acceptors (Lipinski definition) is 5. The fourth-order valence-electron chi connectivity index (χ4n) is 2.32. The third-order valence-electron chi connectivity index (χ3n) is 3.60. The molecule has 2 heterocycles. The van der Waals surface area contributed by atoms with Gasteiger partial charge in [0.15, 0.2) is 5.13 Å². The molecule has 1 aliphatic heterocycles.